The zero-order valence-electron chi connectivity index (χ0n) is 21.7. The minimum absolute atomic E-state index is 0.0591. The molecule has 0 aliphatic rings. The number of furan rings is 1. The molecule has 9 heteroatoms. The highest BCUT2D eigenvalue weighted by Crippen LogP contribution is 2.34. The lowest BCUT2D eigenvalue weighted by molar-refractivity contribution is 0.397. The number of benzene rings is 2. The van der Waals surface area contributed by atoms with Crippen molar-refractivity contribution in [1.29, 1.82) is 0 Å². The summed E-state index contributed by atoms with van der Waals surface area (Å²) in [6.45, 7) is 4.36. The summed E-state index contributed by atoms with van der Waals surface area (Å²) in [6.07, 6.45) is 2.50. The first-order valence-corrected chi connectivity index (χ1v) is 12.6. The molecule has 0 atom stereocenters. The fourth-order valence-electron chi connectivity index (χ4n) is 4.66. The quantitative estimate of drug-likeness (QED) is 0.263. The van der Waals surface area contributed by atoms with E-state index >= 15 is 0 Å². The van der Waals surface area contributed by atoms with Crippen LogP contribution in [0.15, 0.2) is 77.3 Å². The lowest BCUT2D eigenvalue weighted by atomic mass is 10.1. The van der Waals surface area contributed by atoms with Crippen LogP contribution in [0.4, 0.5) is 4.39 Å². The van der Waals surface area contributed by atoms with Gasteiger partial charge in [-0.15, -0.1) is 0 Å². The molecule has 196 valence electrons. The molecular weight excluding hydrogens is 497 g/mol. The standard InChI is InChI=1S/C30H26FN5O3/c1-4-21-14-26(28-11-5-18(2)39-28)36(34-21)22-8-9-25-24(15-22)33-30(23-13-20(31)7-10-27(23)37)35(25)17-19-6-12-29(38-3)32-16-19/h5-16,37H,4,17H2,1-3H3. The van der Waals surface area contributed by atoms with Crippen molar-refractivity contribution in [3.05, 3.63) is 95.8 Å². The number of imidazole rings is 1. The molecule has 0 amide bonds. The Morgan fingerprint density at radius 1 is 1.03 bits per heavy atom. The van der Waals surface area contributed by atoms with Crippen LogP contribution in [0.5, 0.6) is 11.6 Å². The van der Waals surface area contributed by atoms with Gasteiger partial charge in [0, 0.05) is 12.3 Å². The predicted molar refractivity (Wildman–Crippen MR) is 146 cm³/mol. The van der Waals surface area contributed by atoms with Crippen molar-refractivity contribution < 1.29 is 18.7 Å². The van der Waals surface area contributed by atoms with E-state index in [9.17, 15) is 9.50 Å². The van der Waals surface area contributed by atoms with E-state index < -0.39 is 5.82 Å². The number of methoxy groups -OCH3 is 1. The fraction of sp³-hybridized carbons (Fsp3) is 0.167. The third kappa shape index (κ3) is 4.52. The molecule has 0 spiro atoms. The Hall–Kier alpha value is -4.92. The maximum atomic E-state index is 14.3. The molecule has 0 aliphatic heterocycles. The summed E-state index contributed by atoms with van der Waals surface area (Å²) in [5, 5.41) is 15.4. The summed E-state index contributed by atoms with van der Waals surface area (Å²) in [5.74, 6) is 1.97. The Morgan fingerprint density at radius 2 is 1.90 bits per heavy atom. The van der Waals surface area contributed by atoms with Gasteiger partial charge in [-0.2, -0.15) is 5.10 Å². The Kier molecular flexibility index (Phi) is 6.11. The van der Waals surface area contributed by atoms with E-state index in [1.165, 1.54) is 18.2 Å². The average molecular weight is 524 g/mol. The van der Waals surface area contributed by atoms with E-state index in [1.807, 2.05) is 58.6 Å². The van der Waals surface area contributed by atoms with E-state index in [4.69, 9.17) is 19.2 Å². The minimum Gasteiger partial charge on any atom is -0.507 e. The second-order valence-corrected chi connectivity index (χ2v) is 9.26. The molecule has 0 fully saturated rings. The van der Waals surface area contributed by atoms with E-state index in [0.717, 1.165) is 46.1 Å². The maximum Gasteiger partial charge on any atom is 0.212 e. The maximum absolute atomic E-state index is 14.3. The fourth-order valence-corrected chi connectivity index (χ4v) is 4.66. The van der Waals surface area contributed by atoms with E-state index in [1.54, 1.807) is 19.4 Å². The Bertz CT molecular complexity index is 1800. The number of aromatic nitrogens is 5. The van der Waals surface area contributed by atoms with Gasteiger partial charge in [-0.3, -0.25) is 0 Å². The van der Waals surface area contributed by atoms with Crippen molar-refractivity contribution in [2.45, 2.75) is 26.8 Å². The highest BCUT2D eigenvalue weighted by Gasteiger charge is 2.20. The zero-order chi connectivity index (χ0) is 27.1. The molecule has 0 saturated heterocycles. The number of nitrogens with zero attached hydrogens (tertiary/aromatic N) is 5. The van der Waals surface area contributed by atoms with Crippen LogP contribution in [0.25, 0.3) is 39.6 Å². The topological polar surface area (TPSA) is 91.1 Å². The first kappa shape index (κ1) is 24.4. The van der Waals surface area contributed by atoms with Gasteiger partial charge in [0.05, 0.1) is 41.6 Å². The summed E-state index contributed by atoms with van der Waals surface area (Å²) >= 11 is 0. The lowest BCUT2D eigenvalue weighted by Gasteiger charge is -2.11. The summed E-state index contributed by atoms with van der Waals surface area (Å²) in [5.41, 5.74) is 5.25. The van der Waals surface area contributed by atoms with Crippen molar-refractivity contribution in [2.75, 3.05) is 7.11 Å². The summed E-state index contributed by atoms with van der Waals surface area (Å²) < 4.78 is 29.1. The van der Waals surface area contributed by atoms with Crippen molar-refractivity contribution in [3.63, 3.8) is 0 Å². The van der Waals surface area contributed by atoms with Gasteiger partial charge in [-0.05, 0) is 73.5 Å². The van der Waals surface area contributed by atoms with Crippen LogP contribution in [0.2, 0.25) is 0 Å². The van der Waals surface area contributed by atoms with Crippen LogP contribution in [0.3, 0.4) is 0 Å². The van der Waals surface area contributed by atoms with Gasteiger partial charge < -0.3 is 18.8 Å². The van der Waals surface area contributed by atoms with E-state index in [-0.39, 0.29) is 5.75 Å². The second-order valence-electron chi connectivity index (χ2n) is 9.26. The minimum atomic E-state index is -0.463. The molecule has 0 aliphatic carbocycles. The molecular formula is C30H26FN5O3. The van der Waals surface area contributed by atoms with Gasteiger partial charge in [0.15, 0.2) is 5.76 Å². The van der Waals surface area contributed by atoms with Crippen LogP contribution >= 0.6 is 0 Å². The predicted octanol–water partition coefficient (Wildman–Crippen LogP) is 6.32. The number of hydrogen-bond acceptors (Lipinski definition) is 6. The van der Waals surface area contributed by atoms with Gasteiger partial charge >= 0.3 is 0 Å². The summed E-state index contributed by atoms with van der Waals surface area (Å²) in [6, 6.07) is 19.3. The third-order valence-electron chi connectivity index (χ3n) is 6.64. The van der Waals surface area contributed by atoms with Gasteiger partial charge in [0.1, 0.15) is 28.8 Å². The molecule has 39 heavy (non-hydrogen) atoms. The highest BCUT2D eigenvalue weighted by atomic mass is 19.1. The summed E-state index contributed by atoms with van der Waals surface area (Å²) in [7, 11) is 1.56. The SMILES string of the molecule is CCc1cc(-c2ccc(C)o2)n(-c2ccc3c(c2)nc(-c2cc(F)ccc2O)n3Cc2ccc(OC)nc2)n1. The second kappa shape index (κ2) is 9.75. The lowest BCUT2D eigenvalue weighted by Crippen LogP contribution is -2.04. The highest BCUT2D eigenvalue weighted by molar-refractivity contribution is 5.84. The molecule has 6 rings (SSSR count). The zero-order valence-corrected chi connectivity index (χ0v) is 21.7. The van der Waals surface area contributed by atoms with Crippen LogP contribution in [0.1, 0.15) is 23.9 Å². The van der Waals surface area contributed by atoms with Gasteiger partial charge in [0.25, 0.3) is 0 Å². The van der Waals surface area contributed by atoms with Crippen molar-refractivity contribution in [3.8, 4) is 40.2 Å². The molecule has 0 unspecified atom stereocenters. The van der Waals surface area contributed by atoms with Gasteiger partial charge in [-0.25, -0.2) is 19.0 Å². The Labute approximate surface area is 223 Å². The first-order valence-electron chi connectivity index (χ1n) is 12.6. The average Bonchev–Trinajstić information content (AvgIpc) is 3.67. The monoisotopic (exact) mass is 523 g/mol. The molecule has 4 aromatic heterocycles. The van der Waals surface area contributed by atoms with Crippen molar-refractivity contribution in [1.82, 2.24) is 24.3 Å². The van der Waals surface area contributed by atoms with Crippen LogP contribution in [-0.4, -0.2) is 36.5 Å². The first-order chi connectivity index (χ1) is 18.9. The van der Waals surface area contributed by atoms with Crippen LogP contribution < -0.4 is 4.74 Å². The number of phenols is 1. The molecule has 1 N–H and O–H groups in total. The molecule has 2 aromatic carbocycles. The van der Waals surface area contributed by atoms with Crippen molar-refractivity contribution in [2.24, 2.45) is 0 Å². The molecule has 0 radical (unpaired) electrons. The van der Waals surface area contributed by atoms with Gasteiger partial charge in [-0.1, -0.05) is 13.0 Å². The number of aryl methyl sites for hydroxylation is 2. The number of fused-ring (bicyclic) bond motifs is 1. The number of ether oxygens (including phenoxy) is 1. The summed E-state index contributed by atoms with van der Waals surface area (Å²) in [4.78, 5) is 9.17. The smallest absolute Gasteiger partial charge is 0.212 e. The van der Waals surface area contributed by atoms with Gasteiger partial charge in [0.2, 0.25) is 5.88 Å². The van der Waals surface area contributed by atoms with Crippen molar-refractivity contribution >= 4 is 11.0 Å². The van der Waals surface area contributed by atoms with Crippen LogP contribution in [0, 0.1) is 12.7 Å². The number of phenolic OH excluding ortho intramolecular Hbond substituents is 1. The number of hydrogen-bond donors (Lipinski definition) is 1. The molecule has 8 nitrogen and oxygen atoms in total. The van der Waals surface area contributed by atoms with E-state index in [2.05, 4.69) is 11.9 Å². The number of halogens is 1. The normalized spacial score (nSPS) is 11.4. The number of aromatic hydroxyl groups is 1. The largest absolute Gasteiger partial charge is 0.507 e. The Morgan fingerprint density at radius 3 is 2.62 bits per heavy atom. The number of pyridine rings is 1. The molecule has 0 saturated carbocycles. The molecule has 6 aromatic rings. The third-order valence-corrected chi connectivity index (χ3v) is 6.64. The number of rotatable bonds is 7. The van der Waals surface area contributed by atoms with Crippen LogP contribution in [-0.2, 0) is 13.0 Å². The molecule has 4 heterocycles. The van der Waals surface area contributed by atoms with E-state index in [0.29, 0.717) is 29.3 Å². The Balaban J connectivity index is 1.52. The molecule has 0 bridgehead atoms.